The van der Waals surface area contributed by atoms with E-state index >= 15 is 0 Å². The molecule has 1 aromatic rings. The van der Waals surface area contributed by atoms with Gasteiger partial charge in [0.1, 0.15) is 5.54 Å². The molecule has 0 bridgehead atoms. The number of methoxy groups -OCH3 is 1. The standard InChI is InChI=1S/C13H23N3O2/c1-8(7-13(5,14)12(17)18-6)16-11(4)9(2)10(3)15-16/h8H,7,14H2,1-6H3. The first kappa shape index (κ1) is 14.7. The molecule has 5 heteroatoms. The fourth-order valence-corrected chi connectivity index (χ4v) is 2.19. The van der Waals surface area contributed by atoms with Crippen LogP contribution >= 0.6 is 0 Å². The van der Waals surface area contributed by atoms with E-state index in [-0.39, 0.29) is 6.04 Å². The predicted molar refractivity (Wildman–Crippen MR) is 70.4 cm³/mol. The number of nitrogens with zero attached hydrogens (tertiary/aromatic N) is 2. The van der Waals surface area contributed by atoms with Crippen LogP contribution in [0.2, 0.25) is 0 Å². The van der Waals surface area contributed by atoms with Crippen LogP contribution in [0, 0.1) is 20.8 Å². The van der Waals surface area contributed by atoms with Gasteiger partial charge < -0.3 is 10.5 Å². The Morgan fingerprint density at radius 2 is 2.06 bits per heavy atom. The molecule has 1 aromatic heterocycles. The van der Waals surface area contributed by atoms with Crippen molar-refractivity contribution in [3.8, 4) is 0 Å². The van der Waals surface area contributed by atoms with Crippen molar-refractivity contribution in [2.24, 2.45) is 5.73 Å². The molecule has 0 aromatic carbocycles. The molecule has 0 amide bonds. The Labute approximate surface area is 108 Å². The highest BCUT2D eigenvalue weighted by atomic mass is 16.5. The number of esters is 1. The van der Waals surface area contributed by atoms with Gasteiger partial charge in [-0.15, -0.1) is 0 Å². The minimum absolute atomic E-state index is 0.0477. The van der Waals surface area contributed by atoms with E-state index in [9.17, 15) is 4.79 Å². The van der Waals surface area contributed by atoms with Gasteiger partial charge in [0.15, 0.2) is 0 Å². The van der Waals surface area contributed by atoms with E-state index in [0.717, 1.165) is 11.4 Å². The van der Waals surface area contributed by atoms with Crippen molar-refractivity contribution >= 4 is 5.97 Å². The normalized spacial score (nSPS) is 16.2. The SMILES string of the molecule is COC(=O)C(C)(N)CC(C)n1nc(C)c(C)c1C. The van der Waals surface area contributed by atoms with Crippen LogP contribution in [0.15, 0.2) is 0 Å². The fraction of sp³-hybridized carbons (Fsp3) is 0.692. The number of carbonyl (C=O) groups is 1. The summed E-state index contributed by atoms with van der Waals surface area (Å²) in [5.74, 6) is -0.396. The lowest BCUT2D eigenvalue weighted by Crippen LogP contribution is -2.47. The predicted octanol–water partition coefficient (Wildman–Crippen LogP) is 1.65. The minimum Gasteiger partial charge on any atom is -0.468 e. The van der Waals surface area contributed by atoms with Gasteiger partial charge >= 0.3 is 5.97 Å². The van der Waals surface area contributed by atoms with Crippen LogP contribution in [0.5, 0.6) is 0 Å². The van der Waals surface area contributed by atoms with E-state index in [4.69, 9.17) is 10.5 Å². The van der Waals surface area contributed by atoms with Crippen LogP contribution in [-0.4, -0.2) is 28.4 Å². The van der Waals surface area contributed by atoms with E-state index in [1.807, 2.05) is 32.4 Å². The molecule has 0 aliphatic rings. The summed E-state index contributed by atoms with van der Waals surface area (Å²) in [5.41, 5.74) is 8.30. The lowest BCUT2D eigenvalue weighted by molar-refractivity contribution is -0.147. The number of nitrogens with two attached hydrogens (primary N) is 1. The van der Waals surface area contributed by atoms with Gasteiger partial charge in [0, 0.05) is 5.69 Å². The zero-order chi connectivity index (χ0) is 14.1. The second-order valence-corrected chi connectivity index (χ2v) is 5.20. The molecular weight excluding hydrogens is 230 g/mol. The van der Waals surface area contributed by atoms with Gasteiger partial charge in [0.05, 0.1) is 18.8 Å². The maximum atomic E-state index is 11.6. The highest BCUT2D eigenvalue weighted by Gasteiger charge is 2.32. The minimum atomic E-state index is -0.992. The Kier molecular flexibility index (Phi) is 4.16. The zero-order valence-electron chi connectivity index (χ0n) is 12.1. The molecule has 0 radical (unpaired) electrons. The molecule has 5 nitrogen and oxygen atoms in total. The maximum absolute atomic E-state index is 11.6. The number of hydrogen-bond donors (Lipinski definition) is 1. The van der Waals surface area contributed by atoms with Crippen molar-refractivity contribution in [2.45, 2.75) is 52.6 Å². The number of aryl methyl sites for hydroxylation is 1. The molecule has 0 fully saturated rings. The van der Waals surface area contributed by atoms with Gasteiger partial charge in [-0.3, -0.25) is 9.48 Å². The molecule has 1 rings (SSSR count). The summed E-state index contributed by atoms with van der Waals surface area (Å²) in [6, 6.07) is 0.0477. The Morgan fingerprint density at radius 3 is 2.44 bits per heavy atom. The molecule has 0 saturated carbocycles. The molecule has 18 heavy (non-hydrogen) atoms. The van der Waals surface area contributed by atoms with Crippen molar-refractivity contribution in [1.29, 1.82) is 0 Å². The molecule has 102 valence electrons. The molecule has 2 N–H and O–H groups in total. The molecule has 0 spiro atoms. The summed E-state index contributed by atoms with van der Waals surface area (Å²) in [6.07, 6.45) is 0.487. The third-order valence-corrected chi connectivity index (χ3v) is 3.48. The number of rotatable bonds is 4. The topological polar surface area (TPSA) is 70.1 Å². The molecule has 0 aliphatic heterocycles. The van der Waals surface area contributed by atoms with Crippen molar-refractivity contribution < 1.29 is 9.53 Å². The lowest BCUT2D eigenvalue weighted by Gasteiger charge is -2.26. The summed E-state index contributed by atoms with van der Waals surface area (Å²) >= 11 is 0. The van der Waals surface area contributed by atoms with Crippen LogP contribution in [-0.2, 0) is 9.53 Å². The lowest BCUT2D eigenvalue weighted by atomic mass is 9.95. The number of carbonyl (C=O) groups excluding carboxylic acids is 1. The summed E-state index contributed by atoms with van der Waals surface area (Å²) in [4.78, 5) is 11.6. The highest BCUT2D eigenvalue weighted by molar-refractivity contribution is 5.79. The van der Waals surface area contributed by atoms with Gasteiger partial charge in [-0.05, 0) is 46.6 Å². The van der Waals surface area contributed by atoms with Crippen LogP contribution in [0.4, 0.5) is 0 Å². The van der Waals surface area contributed by atoms with E-state index in [0.29, 0.717) is 6.42 Å². The summed E-state index contributed by atoms with van der Waals surface area (Å²) in [7, 11) is 1.35. The van der Waals surface area contributed by atoms with Crippen molar-refractivity contribution in [1.82, 2.24) is 9.78 Å². The van der Waals surface area contributed by atoms with Gasteiger partial charge in [-0.1, -0.05) is 0 Å². The first-order valence-corrected chi connectivity index (χ1v) is 6.10. The first-order chi connectivity index (χ1) is 8.20. The highest BCUT2D eigenvalue weighted by Crippen LogP contribution is 2.23. The van der Waals surface area contributed by atoms with Crippen LogP contribution < -0.4 is 5.73 Å². The average molecular weight is 253 g/mol. The number of hydrogen-bond acceptors (Lipinski definition) is 4. The summed E-state index contributed by atoms with van der Waals surface area (Å²) in [6.45, 7) is 9.75. The van der Waals surface area contributed by atoms with Gasteiger partial charge in [0.25, 0.3) is 0 Å². The Morgan fingerprint density at radius 1 is 1.50 bits per heavy atom. The summed E-state index contributed by atoms with van der Waals surface area (Å²) in [5, 5.41) is 4.49. The monoisotopic (exact) mass is 253 g/mol. The second-order valence-electron chi connectivity index (χ2n) is 5.20. The van der Waals surface area contributed by atoms with Crippen molar-refractivity contribution in [3.63, 3.8) is 0 Å². The fourth-order valence-electron chi connectivity index (χ4n) is 2.19. The number of ether oxygens (including phenoxy) is 1. The molecular formula is C13H23N3O2. The van der Waals surface area contributed by atoms with E-state index in [2.05, 4.69) is 5.10 Å². The van der Waals surface area contributed by atoms with E-state index < -0.39 is 11.5 Å². The van der Waals surface area contributed by atoms with Crippen molar-refractivity contribution in [3.05, 3.63) is 17.0 Å². The molecule has 1 heterocycles. The van der Waals surface area contributed by atoms with Crippen LogP contribution in [0.1, 0.15) is 43.3 Å². The van der Waals surface area contributed by atoms with Gasteiger partial charge in [-0.25, -0.2) is 0 Å². The molecule has 0 saturated heterocycles. The largest absolute Gasteiger partial charge is 0.468 e. The molecule has 2 unspecified atom stereocenters. The average Bonchev–Trinajstić information content (AvgIpc) is 2.55. The number of aromatic nitrogens is 2. The maximum Gasteiger partial charge on any atom is 0.325 e. The van der Waals surface area contributed by atoms with Crippen LogP contribution in [0.25, 0.3) is 0 Å². The van der Waals surface area contributed by atoms with Crippen molar-refractivity contribution in [2.75, 3.05) is 7.11 Å². The second kappa shape index (κ2) is 5.10. The van der Waals surface area contributed by atoms with E-state index in [1.54, 1.807) is 6.92 Å². The zero-order valence-corrected chi connectivity index (χ0v) is 12.1. The molecule has 2 atom stereocenters. The Hall–Kier alpha value is -1.36. The Bertz CT molecular complexity index is 449. The van der Waals surface area contributed by atoms with Crippen LogP contribution in [0.3, 0.4) is 0 Å². The van der Waals surface area contributed by atoms with Gasteiger partial charge in [-0.2, -0.15) is 5.10 Å². The smallest absolute Gasteiger partial charge is 0.325 e. The quantitative estimate of drug-likeness (QED) is 0.828. The first-order valence-electron chi connectivity index (χ1n) is 6.10. The summed E-state index contributed by atoms with van der Waals surface area (Å²) < 4.78 is 6.65. The molecule has 0 aliphatic carbocycles. The Balaban J connectivity index is 2.92. The van der Waals surface area contributed by atoms with Gasteiger partial charge in [0.2, 0.25) is 0 Å². The third kappa shape index (κ3) is 2.72. The third-order valence-electron chi connectivity index (χ3n) is 3.48. The van der Waals surface area contributed by atoms with E-state index in [1.165, 1.54) is 12.7 Å².